The summed E-state index contributed by atoms with van der Waals surface area (Å²) in [5.74, 6) is 2.60. The fraction of sp³-hybridized carbons (Fsp3) is 0.632. The number of hydrogen-bond acceptors (Lipinski definition) is 5. The van der Waals surface area contributed by atoms with E-state index in [0.29, 0.717) is 29.8 Å². The third kappa shape index (κ3) is 5.17. The first-order chi connectivity index (χ1) is 12.6. The van der Waals surface area contributed by atoms with Gasteiger partial charge in [0, 0.05) is 18.2 Å². The highest BCUT2D eigenvalue weighted by atomic mass is 16.5. The van der Waals surface area contributed by atoms with Gasteiger partial charge in [-0.2, -0.15) is 0 Å². The van der Waals surface area contributed by atoms with Gasteiger partial charge in [-0.15, -0.1) is 0 Å². The maximum Gasteiger partial charge on any atom is 0.203 e. The lowest BCUT2D eigenvalue weighted by atomic mass is 9.93. The van der Waals surface area contributed by atoms with Crippen LogP contribution in [0.3, 0.4) is 0 Å². The molecule has 1 aromatic carbocycles. The van der Waals surface area contributed by atoms with Crippen molar-refractivity contribution in [1.29, 1.82) is 0 Å². The molecule has 7 nitrogen and oxygen atoms in total. The van der Waals surface area contributed by atoms with Gasteiger partial charge in [0.25, 0.3) is 0 Å². The van der Waals surface area contributed by atoms with Gasteiger partial charge in [0.15, 0.2) is 17.5 Å². The largest absolute Gasteiger partial charge is 0.493 e. The van der Waals surface area contributed by atoms with E-state index in [9.17, 15) is 5.11 Å². The quantitative estimate of drug-likeness (QED) is 0.507. The van der Waals surface area contributed by atoms with E-state index < -0.39 is 0 Å². The van der Waals surface area contributed by atoms with Gasteiger partial charge < -0.3 is 30.0 Å². The van der Waals surface area contributed by atoms with E-state index in [1.54, 1.807) is 21.3 Å². The molecular weight excluding hydrogens is 334 g/mol. The molecule has 0 aromatic heterocycles. The summed E-state index contributed by atoms with van der Waals surface area (Å²) in [5.41, 5.74) is 0.918. The maximum absolute atomic E-state index is 9.66. The molecule has 1 aliphatic rings. The Hall–Kier alpha value is -2.15. The van der Waals surface area contributed by atoms with E-state index in [-0.39, 0.29) is 6.10 Å². The number of nitrogens with one attached hydrogen (secondary N) is 2. The number of rotatable bonds is 7. The van der Waals surface area contributed by atoms with Crippen LogP contribution >= 0.6 is 0 Å². The minimum Gasteiger partial charge on any atom is -0.493 e. The van der Waals surface area contributed by atoms with Gasteiger partial charge in [0.2, 0.25) is 5.75 Å². The number of nitrogens with zero attached hydrogens (tertiary/aromatic N) is 1. The van der Waals surface area contributed by atoms with Crippen molar-refractivity contribution in [2.24, 2.45) is 4.99 Å². The summed E-state index contributed by atoms with van der Waals surface area (Å²) in [6.45, 7) is 3.28. The van der Waals surface area contributed by atoms with E-state index >= 15 is 0 Å². The lowest BCUT2D eigenvalue weighted by molar-refractivity contribution is 0.120. The fourth-order valence-corrected chi connectivity index (χ4v) is 3.19. The van der Waals surface area contributed by atoms with Crippen molar-refractivity contribution >= 4 is 5.96 Å². The first-order valence-corrected chi connectivity index (χ1v) is 9.13. The van der Waals surface area contributed by atoms with E-state index in [4.69, 9.17) is 19.2 Å². The monoisotopic (exact) mass is 365 g/mol. The lowest BCUT2D eigenvalue weighted by Crippen LogP contribution is -2.45. The molecule has 1 saturated carbocycles. The number of ether oxygens (including phenoxy) is 3. The van der Waals surface area contributed by atoms with E-state index in [0.717, 1.165) is 43.8 Å². The van der Waals surface area contributed by atoms with E-state index in [1.807, 2.05) is 19.1 Å². The summed E-state index contributed by atoms with van der Waals surface area (Å²) in [7, 11) is 4.81. The second-order valence-corrected chi connectivity index (χ2v) is 6.34. The number of methoxy groups -OCH3 is 3. The summed E-state index contributed by atoms with van der Waals surface area (Å²) in [5, 5.41) is 16.4. The third-order valence-electron chi connectivity index (χ3n) is 4.58. The standard InChI is InChI=1S/C19H31N3O4/c1-5-20-19(22-14-7-9-15(23)10-8-14)21-12-13-6-11-16(24-2)18(26-4)17(13)25-3/h6,11,14-15,23H,5,7-10,12H2,1-4H3,(H2,20,21,22). The highest BCUT2D eigenvalue weighted by molar-refractivity contribution is 5.80. The second kappa shape index (κ2) is 10.1. The molecule has 0 bridgehead atoms. The predicted molar refractivity (Wildman–Crippen MR) is 102 cm³/mol. The molecule has 0 aliphatic heterocycles. The number of guanidine groups is 1. The highest BCUT2D eigenvalue weighted by Gasteiger charge is 2.20. The van der Waals surface area contributed by atoms with Gasteiger partial charge in [-0.05, 0) is 44.7 Å². The highest BCUT2D eigenvalue weighted by Crippen LogP contribution is 2.39. The van der Waals surface area contributed by atoms with Crippen LogP contribution in [0.4, 0.5) is 0 Å². The summed E-state index contributed by atoms with van der Waals surface area (Å²) >= 11 is 0. The van der Waals surface area contributed by atoms with Crippen molar-refractivity contribution in [3.63, 3.8) is 0 Å². The van der Waals surface area contributed by atoms with E-state index in [1.165, 1.54) is 0 Å². The van der Waals surface area contributed by atoms with Crippen molar-refractivity contribution < 1.29 is 19.3 Å². The van der Waals surface area contributed by atoms with Crippen molar-refractivity contribution in [3.8, 4) is 17.2 Å². The van der Waals surface area contributed by atoms with Gasteiger partial charge >= 0.3 is 0 Å². The van der Waals surface area contributed by atoms with Gasteiger partial charge in [0.1, 0.15) is 0 Å². The maximum atomic E-state index is 9.66. The average Bonchev–Trinajstić information content (AvgIpc) is 2.67. The number of aliphatic imine (C=N–C) groups is 1. The summed E-state index contributed by atoms with van der Waals surface area (Å²) in [6.07, 6.45) is 3.40. The molecule has 1 aromatic rings. The summed E-state index contributed by atoms with van der Waals surface area (Å²) < 4.78 is 16.3. The van der Waals surface area contributed by atoms with Crippen molar-refractivity contribution in [2.45, 2.75) is 51.3 Å². The minimum absolute atomic E-state index is 0.163. The Bertz CT molecular complexity index is 599. The van der Waals surface area contributed by atoms with Crippen LogP contribution in [0.25, 0.3) is 0 Å². The van der Waals surface area contributed by atoms with Crippen molar-refractivity contribution in [2.75, 3.05) is 27.9 Å². The zero-order valence-electron chi connectivity index (χ0n) is 16.2. The number of benzene rings is 1. The number of aliphatic hydroxyl groups excluding tert-OH is 1. The molecule has 3 N–H and O–H groups in total. The molecule has 2 rings (SSSR count). The normalized spacial score (nSPS) is 20.4. The fourth-order valence-electron chi connectivity index (χ4n) is 3.19. The molecule has 0 amide bonds. The van der Waals surface area contributed by atoms with Crippen LogP contribution in [-0.4, -0.2) is 51.1 Å². The molecule has 0 radical (unpaired) electrons. The number of hydrogen-bond donors (Lipinski definition) is 3. The molecule has 1 aliphatic carbocycles. The smallest absolute Gasteiger partial charge is 0.203 e. The molecule has 0 spiro atoms. The van der Waals surface area contributed by atoms with E-state index in [2.05, 4.69) is 10.6 Å². The van der Waals surface area contributed by atoms with Crippen LogP contribution in [0.5, 0.6) is 17.2 Å². The Morgan fingerprint density at radius 3 is 2.35 bits per heavy atom. The Balaban J connectivity index is 2.13. The molecule has 26 heavy (non-hydrogen) atoms. The Kier molecular flexibility index (Phi) is 7.84. The van der Waals surface area contributed by atoms with Crippen LogP contribution in [0.15, 0.2) is 17.1 Å². The predicted octanol–water partition coefficient (Wildman–Crippen LogP) is 2.07. The topological polar surface area (TPSA) is 84.3 Å². The van der Waals surface area contributed by atoms with Crippen LogP contribution in [0, 0.1) is 0 Å². The van der Waals surface area contributed by atoms with Crippen molar-refractivity contribution in [1.82, 2.24) is 10.6 Å². The third-order valence-corrected chi connectivity index (χ3v) is 4.58. The average molecular weight is 365 g/mol. The molecule has 1 fully saturated rings. The Morgan fingerprint density at radius 2 is 1.77 bits per heavy atom. The molecule has 0 unspecified atom stereocenters. The molecule has 0 atom stereocenters. The minimum atomic E-state index is -0.163. The molecule has 0 saturated heterocycles. The lowest BCUT2D eigenvalue weighted by Gasteiger charge is -2.27. The van der Waals surface area contributed by atoms with Crippen LogP contribution in [0.1, 0.15) is 38.2 Å². The van der Waals surface area contributed by atoms with Crippen LogP contribution in [-0.2, 0) is 6.54 Å². The van der Waals surface area contributed by atoms with Gasteiger partial charge in [-0.3, -0.25) is 0 Å². The van der Waals surface area contributed by atoms with Crippen molar-refractivity contribution in [3.05, 3.63) is 17.7 Å². The first kappa shape index (κ1) is 20.2. The zero-order valence-corrected chi connectivity index (χ0v) is 16.2. The Labute approximate surface area is 155 Å². The summed E-state index contributed by atoms with van der Waals surface area (Å²) in [6, 6.07) is 4.13. The first-order valence-electron chi connectivity index (χ1n) is 9.13. The van der Waals surface area contributed by atoms with Gasteiger partial charge in [-0.25, -0.2) is 4.99 Å². The van der Waals surface area contributed by atoms with Crippen LogP contribution < -0.4 is 24.8 Å². The van der Waals surface area contributed by atoms with Gasteiger partial charge in [0.05, 0.1) is 34.0 Å². The summed E-state index contributed by atoms with van der Waals surface area (Å²) in [4.78, 5) is 4.69. The Morgan fingerprint density at radius 1 is 1.08 bits per heavy atom. The second-order valence-electron chi connectivity index (χ2n) is 6.34. The zero-order chi connectivity index (χ0) is 18.9. The molecular formula is C19H31N3O4. The molecule has 0 heterocycles. The SMILES string of the molecule is CCNC(=NCc1ccc(OC)c(OC)c1OC)NC1CCC(O)CC1. The molecule has 7 heteroatoms. The van der Waals surface area contributed by atoms with Crippen LogP contribution in [0.2, 0.25) is 0 Å². The van der Waals surface area contributed by atoms with Gasteiger partial charge in [-0.1, -0.05) is 0 Å². The molecule has 146 valence electrons. The number of aliphatic hydroxyl groups is 1.